The molecule has 1 aliphatic rings. The van der Waals surface area contributed by atoms with Crippen LogP contribution in [0.25, 0.3) is 0 Å². The summed E-state index contributed by atoms with van der Waals surface area (Å²) in [5, 5.41) is 11.6. The fourth-order valence-corrected chi connectivity index (χ4v) is 12.9. The SMILES string of the molecule is C#Cc1ccc(C#C[Si](C(C)C)(C(C)C)C(C)C)cc1C#Cc1cc2c(O)c(c1)COC[C@H](c1ccccc1)OCCOCCO[C@@H](c1ccccc1)COC2. The summed E-state index contributed by atoms with van der Waals surface area (Å²) in [5.74, 6) is 13.1. The van der Waals surface area contributed by atoms with Crippen molar-refractivity contribution in [2.75, 3.05) is 39.6 Å². The van der Waals surface area contributed by atoms with E-state index in [1.54, 1.807) is 0 Å². The average molecular weight is 769 g/mol. The maximum absolute atomic E-state index is 11.6. The molecule has 292 valence electrons. The van der Waals surface area contributed by atoms with E-state index in [9.17, 15) is 5.11 Å². The zero-order chi connectivity index (χ0) is 39.9. The van der Waals surface area contributed by atoms with Crippen molar-refractivity contribution in [1.82, 2.24) is 0 Å². The van der Waals surface area contributed by atoms with Crippen LogP contribution in [-0.2, 0) is 36.9 Å². The molecule has 0 aliphatic carbocycles. The molecule has 0 aromatic heterocycles. The van der Waals surface area contributed by atoms with Crippen LogP contribution in [0, 0.1) is 35.6 Å². The highest BCUT2D eigenvalue weighted by molar-refractivity contribution is 6.90. The van der Waals surface area contributed by atoms with Gasteiger partial charge in [-0.25, -0.2) is 0 Å². The molecule has 0 saturated carbocycles. The summed E-state index contributed by atoms with van der Waals surface area (Å²) in [7, 11) is -1.93. The summed E-state index contributed by atoms with van der Waals surface area (Å²) in [6.45, 7) is 16.3. The van der Waals surface area contributed by atoms with E-state index in [1.165, 1.54) is 0 Å². The Bertz CT molecular complexity index is 1930. The Morgan fingerprint density at radius 3 is 1.59 bits per heavy atom. The third kappa shape index (κ3) is 11.2. The van der Waals surface area contributed by atoms with Crippen LogP contribution in [0.4, 0.5) is 0 Å². The van der Waals surface area contributed by atoms with Gasteiger partial charge in [0.25, 0.3) is 0 Å². The molecule has 0 amide bonds. The highest BCUT2D eigenvalue weighted by Gasteiger charge is 2.41. The van der Waals surface area contributed by atoms with Gasteiger partial charge in [0.1, 0.15) is 26.0 Å². The lowest BCUT2D eigenvalue weighted by molar-refractivity contribution is -0.0646. The molecule has 5 rings (SSSR count). The Balaban J connectivity index is 1.48. The summed E-state index contributed by atoms with van der Waals surface area (Å²) in [6.07, 6.45) is 5.31. The molecule has 0 radical (unpaired) electrons. The summed E-state index contributed by atoms with van der Waals surface area (Å²) >= 11 is 0. The Hall–Kier alpha value is -4.62. The second-order valence-electron chi connectivity index (χ2n) is 15.1. The first-order valence-corrected chi connectivity index (χ1v) is 21.9. The molecule has 6 nitrogen and oxygen atoms in total. The molecule has 4 aromatic carbocycles. The first kappa shape index (κ1) is 42.5. The summed E-state index contributed by atoms with van der Waals surface area (Å²) < 4.78 is 30.8. The Kier molecular flexibility index (Phi) is 16.0. The summed E-state index contributed by atoms with van der Waals surface area (Å²) in [5.41, 5.74) is 11.6. The summed E-state index contributed by atoms with van der Waals surface area (Å²) in [4.78, 5) is 0. The van der Waals surface area contributed by atoms with Crippen LogP contribution in [0.5, 0.6) is 5.75 Å². The molecule has 0 spiro atoms. The average Bonchev–Trinajstić information content (AvgIpc) is 3.19. The lowest BCUT2D eigenvalue weighted by atomic mass is 10.0. The fraction of sp³-hybridized carbons (Fsp3) is 0.388. The normalized spacial score (nSPS) is 17.5. The van der Waals surface area contributed by atoms with Gasteiger partial charge < -0.3 is 28.8 Å². The van der Waals surface area contributed by atoms with Crippen LogP contribution in [0.2, 0.25) is 16.6 Å². The third-order valence-corrected chi connectivity index (χ3v) is 16.9. The van der Waals surface area contributed by atoms with E-state index in [1.807, 2.05) is 91.0 Å². The zero-order valence-corrected chi connectivity index (χ0v) is 34.8. The number of terminal acetylenes is 1. The first-order chi connectivity index (χ1) is 27.1. The molecule has 7 heteroatoms. The van der Waals surface area contributed by atoms with Gasteiger partial charge in [-0.3, -0.25) is 0 Å². The number of hydrogen-bond donors (Lipinski definition) is 1. The van der Waals surface area contributed by atoms with Crippen molar-refractivity contribution in [2.45, 2.75) is 83.6 Å². The molecule has 2 bridgehead atoms. The molecule has 1 N–H and O–H groups in total. The van der Waals surface area contributed by atoms with Crippen molar-refractivity contribution in [3.05, 3.63) is 136 Å². The molecule has 0 unspecified atom stereocenters. The van der Waals surface area contributed by atoms with Crippen molar-refractivity contribution < 1.29 is 28.8 Å². The minimum atomic E-state index is -1.93. The minimum Gasteiger partial charge on any atom is -0.507 e. The van der Waals surface area contributed by atoms with Crippen molar-refractivity contribution in [3.8, 4) is 41.4 Å². The number of ether oxygens (including phenoxy) is 5. The smallest absolute Gasteiger partial charge is 0.146 e. The highest BCUT2D eigenvalue weighted by atomic mass is 28.3. The van der Waals surface area contributed by atoms with E-state index < -0.39 is 8.07 Å². The van der Waals surface area contributed by atoms with E-state index in [4.69, 9.17) is 30.1 Å². The monoisotopic (exact) mass is 768 g/mol. The number of aromatic hydroxyl groups is 1. The van der Waals surface area contributed by atoms with Crippen molar-refractivity contribution >= 4 is 8.07 Å². The summed E-state index contributed by atoms with van der Waals surface area (Å²) in [6, 6.07) is 29.6. The standard InChI is InChI=1S/C49H56O6Si/c1-8-41-21-19-39(23-28-56(36(2)3,37(4)5)38(6)7)29-44(41)22-20-40-30-45-32-52-34-47(42-15-11-9-12-16-42)54-26-24-51-25-27-55-48(43-17-13-10-14-18-43)35-53-33-46(31-40)49(45)50/h1,9-19,21,29-31,36-38,47-48,50H,24-27,32-35H2,2-7H3/t47-,48-/m1/s1. The maximum Gasteiger partial charge on any atom is 0.146 e. The van der Waals surface area contributed by atoms with Gasteiger partial charge in [-0.15, -0.1) is 12.0 Å². The van der Waals surface area contributed by atoms with Gasteiger partial charge in [-0.1, -0.05) is 126 Å². The van der Waals surface area contributed by atoms with Gasteiger partial charge in [0.15, 0.2) is 0 Å². The van der Waals surface area contributed by atoms with Crippen LogP contribution < -0.4 is 0 Å². The molecule has 0 fully saturated rings. The van der Waals surface area contributed by atoms with Gasteiger partial charge in [-0.05, 0) is 58.1 Å². The maximum atomic E-state index is 11.6. The molecule has 56 heavy (non-hydrogen) atoms. The lowest BCUT2D eigenvalue weighted by Gasteiger charge is -2.38. The Labute approximate surface area is 335 Å². The second-order valence-corrected chi connectivity index (χ2v) is 20.7. The number of phenolic OH excluding ortho intramolecular Hbond substituents is 1. The van der Waals surface area contributed by atoms with Crippen molar-refractivity contribution in [1.29, 1.82) is 0 Å². The predicted octanol–water partition coefficient (Wildman–Crippen LogP) is 9.92. The van der Waals surface area contributed by atoms with Crippen LogP contribution >= 0.6 is 0 Å². The Morgan fingerprint density at radius 1 is 0.589 bits per heavy atom. The lowest BCUT2D eigenvalue weighted by Crippen LogP contribution is -2.43. The van der Waals surface area contributed by atoms with E-state index in [2.05, 4.69) is 70.8 Å². The van der Waals surface area contributed by atoms with E-state index in [0.29, 0.717) is 65.3 Å². The quantitative estimate of drug-likeness (QED) is 0.161. The number of rotatable bonds is 5. The molecule has 2 atom stereocenters. The van der Waals surface area contributed by atoms with E-state index in [0.717, 1.165) is 22.3 Å². The topological polar surface area (TPSA) is 66.4 Å². The number of phenols is 1. The number of fused-ring (bicyclic) bond motifs is 2. The first-order valence-electron chi connectivity index (χ1n) is 19.7. The molecule has 1 heterocycles. The number of benzene rings is 4. The number of hydrogen-bond acceptors (Lipinski definition) is 6. The van der Waals surface area contributed by atoms with Crippen LogP contribution in [0.15, 0.2) is 91.0 Å². The molecule has 1 aliphatic heterocycles. The van der Waals surface area contributed by atoms with E-state index in [-0.39, 0.29) is 44.4 Å². The molecule has 0 saturated heterocycles. The van der Waals surface area contributed by atoms with Crippen molar-refractivity contribution in [2.24, 2.45) is 0 Å². The van der Waals surface area contributed by atoms with Crippen LogP contribution in [-0.4, -0.2) is 52.8 Å². The highest BCUT2D eigenvalue weighted by Crippen LogP contribution is 2.41. The van der Waals surface area contributed by atoms with Gasteiger partial charge >= 0.3 is 0 Å². The second kappa shape index (κ2) is 21.1. The minimum absolute atomic E-state index is 0.106. The Morgan fingerprint density at radius 2 is 1.11 bits per heavy atom. The fourth-order valence-electron chi connectivity index (χ4n) is 7.63. The zero-order valence-electron chi connectivity index (χ0n) is 33.8. The molecule has 4 aromatic rings. The van der Waals surface area contributed by atoms with Gasteiger partial charge in [-0.2, -0.15) is 0 Å². The van der Waals surface area contributed by atoms with Crippen LogP contribution in [0.3, 0.4) is 0 Å². The largest absolute Gasteiger partial charge is 0.507 e. The molecular weight excluding hydrogens is 713 g/mol. The van der Waals surface area contributed by atoms with Crippen molar-refractivity contribution in [3.63, 3.8) is 0 Å². The molecular formula is C49H56O6Si. The van der Waals surface area contributed by atoms with E-state index >= 15 is 0 Å². The van der Waals surface area contributed by atoms with Gasteiger partial charge in [0, 0.05) is 33.4 Å². The van der Waals surface area contributed by atoms with Crippen LogP contribution in [0.1, 0.15) is 98.3 Å². The van der Waals surface area contributed by atoms with Gasteiger partial charge in [0.2, 0.25) is 0 Å². The predicted molar refractivity (Wildman–Crippen MR) is 227 cm³/mol. The van der Waals surface area contributed by atoms with Gasteiger partial charge in [0.05, 0.1) is 52.9 Å². The third-order valence-electron chi connectivity index (χ3n) is 10.6.